The van der Waals surface area contributed by atoms with E-state index in [0.717, 1.165) is 26.2 Å². The van der Waals surface area contributed by atoms with Gasteiger partial charge in [0.25, 0.3) is 0 Å². The van der Waals surface area contributed by atoms with Crippen LogP contribution in [-0.4, -0.2) is 96.7 Å². The molecule has 1 aromatic rings. The summed E-state index contributed by atoms with van der Waals surface area (Å²) >= 11 is 0. The lowest BCUT2D eigenvalue weighted by molar-refractivity contribution is -0.142. The van der Waals surface area contributed by atoms with Crippen molar-refractivity contribution in [1.82, 2.24) is 14.9 Å². The Hall–Kier alpha value is -1.97. The second kappa shape index (κ2) is 8.37. The van der Waals surface area contributed by atoms with Crippen LogP contribution in [0.1, 0.15) is 19.4 Å². The number of carboxylic acid groups (broad SMARTS) is 1. The van der Waals surface area contributed by atoms with Gasteiger partial charge in [0.1, 0.15) is 5.82 Å². The molecule has 3 rings (SSSR count). The van der Waals surface area contributed by atoms with Gasteiger partial charge in [0, 0.05) is 57.6 Å². The lowest BCUT2D eigenvalue weighted by Gasteiger charge is -2.36. The highest BCUT2D eigenvalue weighted by Crippen LogP contribution is 2.32. The van der Waals surface area contributed by atoms with Crippen LogP contribution in [0.5, 0.6) is 0 Å². The predicted octanol–water partition coefficient (Wildman–Crippen LogP) is -0.210. The van der Waals surface area contributed by atoms with Crippen LogP contribution in [0.25, 0.3) is 0 Å². The largest absolute Gasteiger partial charge is 0.481 e. The molecule has 0 saturated carbocycles. The van der Waals surface area contributed by atoms with Gasteiger partial charge in [-0.15, -0.1) is 0 Å². The Kier molecular flexibility index (Phi) is 6.13. The second-order valence-corrected chi connectivity index (χ2v) is 7.49. The second-order valence-electron chi connectivity index (χ2n) is 7.49. The molecular formula is C18H29N5O4. The van der Waals surface area contributed by atoms with E-state index in [9.17, 15) is 9.90 Å². The summed E-state index contributed by atoms with van der Waals surface area (Å²) in [5.41, 5.74) is -0.453. The van der Waals surface area contributed by atoms with E-state index in [1.54, 1.807) is 20.0 Å². The smallest absolute Gasteiger partial charge is 0.313 e. The molecule has 2 aliphatic heterocycles. The number of carbonyl (C=O) groups is 1. The van der Waals surface area contributed by atoms with Gasteiger partial charge in [-0.1, -0.05) is 0 Å². The molecule has 1 aromatic heterocycles. The maximum atomic E-state index is 11.8. The average Bonchev–Trinajstić information content (AvgIpc) is 2.69. The van der Waals surface area contributed by atoms with Gasteiger partial charge in [0.2, 0.25) is 5.95 Å². The van der Waals surface area contributed by atoms with Crippen molar-refractivity contribution in [2.24, 2.45) is 0 Å². The van der Waals surface area contributed by atoms with Crippen molar-refractivity contribution < 1.29 is 19.7 Å². The number of hydrogen-bond acceptors (Lipinski definition) is 8. The van der Waals surface area contributed by atoms with Crippen molar-refractivity contribution in [2.45, 2.75) is 19.3 Å². The summed E-state index contributed by atoms with van der Waals surface area (Å²) in [5.74, 6) is 0.421. The molecule has 0 atom stereocenters. The molecule has 150 valence electrons. The van der Waals surface area contributed by atoms with Crippen molar-refractivity contribution >= 4 is 17.7 Å². The molecule has 2 aliphatic rings. The highest BCUT2D eigenvalue weighted by Gasteiger charge is 2.35. The molecule has 0 bridgehead atoms. The Bertz CT molecular complexity index is 655. The van der Waals surface area contributed by atoms with Crippen molar-refractivity contribution in [3.05, 3.63) is 11.8 Å². The number of hydrogen-bond donors (Lipinski definition) is 2. The van der Waals surface area contributed by atoms with Crippen molar-refractivity contribution in [3.63, 3.8) is 0 Å². The van der Waals surface area contributed by atoms with Crippen molar-refractivity contribution in [3.8, 4) is 0 Å². The van der Waals surface area contributed by atoms with Gasteiger partial charge in [-0.3, -0.25) is 9.69 Å². The lowest BCUT2D eigenvalue weighted by Crippen LogP contribution is -2.48. The minimum Gasteiger partial charge on any atom is -0.481 e. The summed E-state index contributed by atoms with van der Waals surface area (Å²) in [6, 6.07) is 0. The highest BCUT2D eigenvalue weighted by molar-refractivity contribution is 5.82. The Morgan fingerprint density at radius 1 is 1.15 bits per heavy atom. The standard InChI is InChI=1S/C18H29N5O4/c1-18(2,16(25)26)14-13-19-17(20-15(14)22-8-11-27-12-9-22)23-5-3-21(4-6-23)7-10-24/h13,24H,3-12H2,1-2H3,(H,25,26). The fourth-order valence-corrected chi connectivity index (χ4v) is 3.40. The summed E-state index contributed by atoms with van der Waals surface area (Å²) in [6.45, 7) is 10.0. The molecule has 9 heteroatoms. The number of anilines is 2. The quantitative estimate of drug-likeness (QED) is 0.695. The van der Waals surface area contributed by atoms with E-state index < -0.39 is 11.4 Å². The number of aliphatic hydroxyl groups excluding tert-OH is 1. The number of β-amino-alcohol motifs (C(OH)–C–C–N with tert-alkyl or cyclic N) is 1. The molecule has 0 amide bonds. The maximum Gasteiger partial charge on any atom is 0.313 e. The maximum absolute atomic E-state index is 11.8. The average molecular weight is 379 g/mol. The van der Waals surface area contributed by atoms with Gasteiger partial charge in [0.15, 0.2) is 0 Å². The highest BCUT2D eigenvalue weighted by atomic mass is 16.5. The Labute approximate surface area is 159 Å². The summed E-state index contributed by atoms with van der Waals surface area (Å²) < 4.78 is 5.44. The van der Waals surface area contributed by atoms with E-state index in [1.165, 1.54) is 0 Å². The minimum atomic E-state index is -1.08. The summed E-state index contributed by atoms with van der Waals surface area (Å²) in [4.78, 5) is 27.5. The van der Waals surface area contributed by atoms with Gasteiger partial charge in [-0.05, 0) is 13.8 Å². The SMILES string of the molecule is CC(C)(C(=O)O)c1cnc(N2CCN(CCO)CC2)nc1N1CCOCC1. The Morgan fingerprint density at radius 3 is 2.41 bits per heavy atom. The first-order valence-corrected chi connectivity index (χ1v) is 9.45. The number of aliphatic carboxylic acids is 1. The lowest BCUT2D eigenvalue weighted by atomic mass is 9.85. The van der Waals surface area contributed by atoms with E-state index in [0.29, 0.717) is 50.2 Å². The van der Waals surface area contributed by atoms with Crippen LogP contribution in [0, 0.1) is 0 Å². The Morgan fingerprint density at radius 2 is 1.81 bits per heavy atom. The normalized spacial score (nSPS) is 19.4. The van der Waals surface area contributed by atoms with E-state index >= 15 is 0 Å². The number of nitrogens with zero attached hydrogens (tertiary/aromatic N) is 5. The summed E-state index contributed by atoms with van der Waals surface area (Å²) in [6.07, 6.45) is 1.67. The van der Waals surface area contributed by atoms with Gasteiger partial charge in [-0.25, -0.2) is 4.98 Å². The zero-order valence-corrected chi connectivity index (χ0v) is 16.1. The number of morpholine rings is 1. The van der Waals surface area contributed by atoms with Crippen LogP contribution in [0.2, 0.25) is 0 Å². The van der Waals surface area contributed by atoms with E-state index in [4.69, 9.17) is 14.8 Å². The first kappa shape index (κ1) is 19.8. The van der Waals surface area contributed by atoms with Crippen LogP contribution in [0.15, 0.2) is 6.20 Å². The number of ether oxygens (including phenoxy) is 1. The van der Waals surface area contributed by atoms with Crippen molar-refractivity contribution in [2.75, 3.05) is 75.4 Å². The van der Waals surface area contributed by atoms with Crippen LogP contribution in [-0.2, 0) is 14.9 Å². The molecule has 2 fully saturated rings. The van der Waals surface area contributed by atoms with Crippen LogP contribution in [0.3, 0.4) is 0 Å². The number of aromatic nitrogens is 2. The number of rotatable bonds is 6. The zero-order chi connectivity index (χ0) is 19.4. The molecule has 0 aliphatic carbocycles. The molecule has 0 radical (unpaired) electrons. The topological polar surface area (TPSA) is 102 Å². The van der Waals surface area contributed by atoms with Gasteiger partial charge >= 0.3 is 5.97 Å². The fraction of sp³-hybridized carbons (Fsp3) is 0.722. The monoisotopic (exact) mass is 379 g/mol. The first-order chi connectivity index (χ1) is 12.9. The van der Waals surface area contributed by atoms with E-state index in [-0.39, 0.29) is 6.61 Å². The van der Waals surface area contributed by atoms with Crippen LogP contribution >= 0.6 is 0 Å². The number of carboxylic acids is 1. The third kappa shape index (κ3) is 4.31. The van der Waals surface area contributed by atoms with E-state index in [2.05, 4.69) is 19.7 Å². The molecule has 2 N–H and O–H groups in total. The molecule has 3 heterocycles. The Balaban J connectivity index is 1.88. The number of aliphatic hydroxyl groups is 1. The molecule has 0 spiro atoms. The summed E-state index contributed by atoms with van der Waals surface area (Å²) in [5, 5.41) is 18.8. The van der Waals surface area contributed by atoms with Crippen LogP contribution < -0.4 is 9.80 Å². The predicted molar refractivity (Wildman–Crippen MR) is 101 cm³/mol. The third-order valence-corrected chi connectivity index (χ3v) is 5.35. The van der Waals surface area contributed by atoms with E-state index in [1.807, 2.05) is 0 Å². The summed E-state index contributed by atoms with van der Waals surface area (Å²) in [7, 11) is 0. The van der Waals surface area contributed by atoms with Gasteiger partial charge in [-0.2, -0.15) is 4.98 Å². The molecule has 2 saturated heterocycles. The molecule has 0 aromatic carbocycles. The third-order valence-electron chi connectivity index (χ3n) is 5.35. The number of piperazine rings is 1. The van der Waals surface area contributed by atoms with Gasteiger partial charge in [0.05, 0.1) is 25.2 Å². The zero-order valence-electron chi connectivity index (χ0n) is 16.1. The fourth-order valence-electron chi connectivity index (χ4n) is 3.40. The van der Waals surface area contributed by atoms with Crippen LogP contribution in [0.4, 0.5) is 11.8 Å². The molecule has 0 unspecified atom stereocenters. The molecular weight excluding hydrogens is 350 g/mol. The molecule has 9 nitrogen and oxygen atoms in total. The molecule has 27 heavy (non-hydrogen) atoms. The first-order valence-electron chi connectivity index (χ1n) is 9.45. The van der Waals surface area contributed by atoms with Gasteiger partial charge < -0.3 is 24.7 Å². The minimum absolute atomic E-state index is 0.163. The van der Waals surface area contributed by atoms with Crippen molar-refractivity contribution in [1.29, 1.82) is 0 Å².